The Labute approximate surface area is 186 Å². The number of amides is 1. The van der Waals surface area contributed by atoms with Crippen LogP contribution in [0.2, 0.25) is 0 Å². The molecule has 1 unspecified atom stereocenters. The Bertz CT molecular complexity index is 930. The molecule has 1 amide bonds. The van der Waals surface area contributed by atoms with Crippen LogP contribution in [0.15, 0.2) is 48.5 Å². The van der Waals surface area contributed by atoms with Gasteiger partial charge in [-0.15, -0.1) is 0 Å². The molecule has 1 aliphatic rings. The normalized spacial score (nSPS) is 15.2. The Morgan fingerprint density at radius 3 is 2.47 bits per heavy atom. The number of ether oxygens (including phenoxy) is 3. The van der Waals surface area contributed by atoms with E-state index in [0.717, 1.165) is 37.2 Å². The summed E-state index contributed by atoms with van der Waals surface area (Å²) in [5.41, 5.74) is 1.67. The molecule has 0 aromatic heterocycles. The van der Waals surface area contributed by atoms with Crippen molar-refractivity contribution in [1.29, 1.82) is 0 Å². The predicted molar refractivity (Wildman–Crippen MR) is 118 cm³/mol. The van der Waals surface area contributed by atoms with Gasteiger partial charge in [-0.25, -0.2) is 0 Å². The summed E-state index contributed by atoms with van der Waals surface area (Å²) in [6, 6.07) is 12.3. The van der Waals surface area contributed by atoms with Gasteiger partial charge in [0.2, 0.25) is 5.91 Å². The Hall–Kier alpha value is -3.13. The lowest BCUT2D eigenvalue weighted by Crippen LogP contribution is -2.36. The first-order chi connectivity index (χ1) is 15.5. The molecule has 8 heteroatoms. The van der Waals surface area contributed by atoms with Gasteiger partial charge in [0.1, 0.15) is 5.75 Å². The quantitative estimate of drug-likeness (QED) is 0.553. The zero-order valence-electron chi connectivity index (χ0n) is 18.2. The molecule has 2 aromatic rings. The molecule has 0 radical (unpaired) electrons. The van der Waals surface area contributed by atoms with Gasteiger partial charge in [-0.05, 0) is 55.8 Å². The number of nitrogens with one attached hydrogen (secondary N) is 1. The van der Waals surface area contributed by atoms with Crippen molar-refractivity contribution in [2.45, 2.75) is 25.5 Å². The number of nitrogens with zero attached hydrogens (tertiary/aromatic N) is 1. The number of benzene rings is 2. The number of likely N-dealkylation sites (tertiary alicyclic amines) is 1. The number of halogens is 2. The zero-order valence-corrected chi connectivity index (χ0v) is 18.2. The van der Waals surface area contributed by atoms with Crippen molar-refractivity contribution in [3.63, 3.8) is 0 Å². The maximum absolute atomic E-state index is 12.5. The number of para-hydroxylation sites is 1. The van der Waals surface area contributed by atoms with Crippen molar-refractivity contribution in [2.24, 2.45) is 0 Å². The number of carbonyl (C=O) groups excluding carboxylic acids is 1. The van der Waals surface area contributed by atoms with Crippen molar-refractivity contribution in [3.8, 4) is 17.2 Å². The second kappa shape index (κ2) is 11.5. The van der Waals surface area contributed by atoms with E-state index in [1.807, 2.05) is 24.3 Å². The lowest BCUT2D eigenvalue weighted by molar-refractivity contribution is -0.116. The first-order valence-corrected chi connectivity index (χ1v) is 10.5. The van der Waals surface area contributed by atoms with Gasteiger partial charge >= 0.3 is 6.61 Å². The largest absolute Gasteiger partial charge is 0.496 e. The highest BCUT2D eigenvalue weighted by molar-refractivity contribution is 5.91. The maximum Gasteiger partial charge on any atom is 0.387 e. The zero-order chi connectivity index (χ0) is 22.9. The van der Waals surface area contributed by atoms with E-state index < -0.39 is 6.61 Å². The van der Waals surface area contributed by atoms with Gasteiger partial charge in [-0.1, -0.05) is 24.3 Å². The van der Waals surface area contributed by atoms with Gasteiger partial charge in [0.25, 0.3) is 0 Å². The Morgan fingerprint density at radius 1 is 1.06 bits per heavy atom. The average molecular weight is 446 g/mol. The van der Waals surface area contributed by atoms with E-state index in [4.69, 9.17) is 9.47 Å². The lowest BCUT2D eigenvalue weighted by atomic mass is 10.0. The summed E-state index contributed by atoms with van der Waals surface area (Å²) in [6.07, 6.45) is 5.27. The average Bonchev–Trinajstić information content (AvgIpc) is 3.33. The van der Waals surface area contributed by atoms with Crippen molar-refractivity contribution >= 4 is 12.0 Å². The fraction of sp³-hybridized carbons (Fsp3) is 0.375. The van der Waals surface area contributed by atoms with Crippen LogP contribution in [0.4, 0.5) is 8.78 Å². The van der Waals surface area contributed by atoms with Crippen molar-refractivity contribution in [1.82, 2.24) is 10.2 Å². The van der Waals surface area contributed by atoms with Gasteiger partial charge in [0.15, 0.2) is 11.5 Å². The fourth-order valence-corrected chi connectivity index (χ4v) is 3.84. The number of hydrogen-bond donors (Lipinski definition) is 1. The molecule has 32 heavy (non-hydrogen) atoms. The predicted octanol–water partition coefficient (Wildman–Crippen LogP) is 4.27. The Morgan fingerprint density at radius 2 is 1.78 bits per heavy atom. The second-order valence-corrected chi connectivity index (χ2v) is 7.37. The summed E-state index contributed by atoms with van der Waals surface area (Å²) in [4.78, 5) is 14.8. The number of methoxy groups -OCH3 is 2. The smallest absolute Gasteiger partial charge is 0.387 e. The highest BCUT2D eigenvalue weighted by atomic mass is 19.3. The molecular formula is C24H28F2N2O4. The Kier molecular flexibility index (Phi) is 8.44. The molecule has 0 spiro atoms. The molecule has 1 fully saturated rings. The van der Waals surface area contributed by atoms with E-state index in [-0.39, 0.29) is 23.4 Å². The first kappa shape index (κ1) is 23.5. The molecule has 0 bridgehead atoms. The lowest BCUT2D eigenvalue weighted by Gasteiger charge is -2.29. The third-order valence-electron chi connectivity index (χ3n) is 5.38. The van der Waals surface area contributed by atoms with Crippen molar-refractivity contribution < 1.29 is 27.8 Å². The fourth-order valence-electron chi connectivity index (χ4n) is 3.84. The van der Waals surface area contributed by atoms with Crippen LogP contribution in [0, 0.1) is 0 Å². The molecule has 1 atom stereocenters. The highest BCUT2D eigenvalue weighted by Crippen LogP contribution is 2.32. The SMILES string of the molecule is COc1cc(/C=C/C(=O)NCC(c2ccccc2OC)N2CCCC2)ccc1OC(F)F. The van der Waals surface area contributed by atoms with E-state index in [9.17, 15) is 13.6 Å². The molecule has 3 rings (SSSR count). The molecule has 0 saturated carbocycles. The first-order valence-electron chi connectivity index (χ1n) is 10.5. The van der Waals surface area contributed by atoms with E-state index in [1.54, 1.807) is 19.3 Å². The van der Waals surface area contributed by atoms with E-state index in [0.29, 0.717) is 12.1 Å². The minimum Gasteiger partial charge on any atom is -0.496 e. The van der Waals surface area contributed by atoms with Crippen LogP contribution >= 0.6 is 0 Å². The Balaban J connectivity index is 1.67. The minimum atomic E-state index is -2.94. The number of alkyl halides is 2. The highest BCUT2D eigenvalue weighted by Gasteiger charge is 2.26. The molecule has 1 aliphatic heterocycles. The number of rotatable bonds is 10. The van der Waals surface area contributed by atoms with Crippen LogP contribution in [-0.2, 0) is 4.79 Å². The summed E-state index contributed by atoms with van der Waals surface area (Å²) in [7, 11) is 3.01. The molecular weight excluding hydrogens is 418 g/mol. The monoisotopic (exact) mass is 446 g/mol. The number of hydrogen-bond acceptors (Lipinski definition) is 5. The topological polar surface area (TPSA) is 60.0 Å². The van der Waals surface area contributed by atoms with Crippen LogP contribution < -0.4 is 19.5 Å². The van der Waals surface area contributed by atoms with Crippen LogP contribution in [0.1, 0.15) is 30.0 Å². The van der Waals surface area contributed by atoms with Gasteiger partial charge in [-0.2, -0.15) is 8.78 Å². The van der Waals surface area contributed by atoms with Gasteiger partial charge < -0.3 is 19.5 Å². The molecule has 2 aromatic carbocycles. The van der Waals surface area contributed by atoms with Crippen molar-refractivity contribution in [2.75, 3.05) is 33.9 Å². The van der Waals surface area contributed by atoms with E-state index in [2.05, 4.69) is 15.0 Å². The second-order valence-electron chi connectivity index (χ2n) is 7.37. The molecule has 172 valence electrons. The summed E-state index contributed by atoms with van der Waals surface area (Å²) < 4.78 is 40.0. The third-order valence-corrected chi connectivity index (χ3v) is 5.38. The number of carbonyl (C=O) groups is 1. The third kappa shape index (κ3) is 6.20. The summed E-state index contributed by atoms with van der Waals surface area (Å²) in [5, 5.41) is 2.97. The van der Waals surface area contributed by atoms with Gasteiger partial charge in [0, 0.05) is 18.2 Å². The van der Waals surface area contributed by atoms with Crippen molar-refractivity contribution in [3.05, 3.63) is 59.7 Å². The van der Waals surface area contributed by atoms with Crippen LogP contribution in [0.25, 0.3) is 6.08 Å². The van der Waals surface area contributed by atoms with Crippen LogP contribution in [0.5, 0.6) is 17.2 Å². The molecule has 1 heterocycles. The van der Waals surface area contributed by atoms with Gasteiger partial charge in [-0.3, -0.25) is 9.69 Å². The minimum absolute atomic E-state index is 0.0110. The molecule has 0 aliphatic carbocycles. The summed E-state index contributed by atoms with van der Waals surface area (Å²) >= 11 is 0. The molecule has 6 nitrogen and oxygen atoms in total. The molecule has 1 N–H and O–H groups in total. The van der Waals surface area contributed by atoms with Crippen LogP contribution in [0.3, 0.4) is 0 Å². The van der Waals surface area contributed by atoms with Crippen LogP contribution in [-0.4, -0.2) is 51.3 Å². The van der Waals surface area contributed by atoms with E-state index in [1.165, 1.54) is 25.3 Å². The maximum atomic E-state index is 12.5. The summed E-state index contributed by atoms with van der Waals surface area (Å²) in [5.74, 6) is 0.649. The van der Waals surface area contributed by atoms with E-state index >= 15 is 0 Å². The molecule has 1 saturated heterocycles. The summed E-state index contributed by atoms with van der Waals surface area (Å²) in [6.45, 7) is -0.556. The standard InChI is InChI=1S/C24H28F2N2O4/c1-30-20-8-4-3-7-18(20)19(28-13-5-6-14-28)16-27-23(29)12-10-17-9-11-21(32-24(25)26)22(15-17)31-2/h3-4,7-12,15,19,24H,5-6,13-14,16H2,1-2H3,(H,27,29)/b12-10+. The van der Waals surface area contributed by atoms with Gasteiger partial charge in [0.05, 0.1) is 20.3 Å².